The van der Waals surface area contributed by atoms with E-state index in [1.165, 1.54) is 0 Å². The first kappa shape index (κ1) is 10.1. The fraction of sp³-hybridized carbons (Fsp3) is 0.909. The van der Waals surface area contributed by atoms with Crippen LogP contribution in [0.25, 0.3) is 0 Å². The number of ketones is 1. The number of likely N-dealkylation sites (tertiary alicyclic amines) is 1. The number of carbonyl (C=O) groups is 1. The molecule has 2 N–H and O–H groups in total. The third-order valence-electron chi connectivity index (χ3n) is 3.70. The lowest BCUT2D eigenvalue weighted by Gasteiger charge is -2.36. The second-order valence-corrected chi connectivity index (χ2v) is 4.91. The lowest BCUT2D eigenvalue weighted by atomic mass is 9.73. The molecule has 2 fully saturated rings. The van der Waals surface area contributed by atoms with Crippen molar-refractivity contribution in [2.45, 2.75) is 31.7 Å². The molecule has 0 radical (unpaired) electrons. The van der Waals surface area contributed by atoms with Gasteiger partial charge in [0.15, 0.2) is 0 Å². The van der Waals surface area contributed by atoms with E-state index in [0.29, 0.717) is 23.7 Å². The number of rotatable bonds is 2. The molecule has 80 valence electrons. The molecule has 0 aromatic carbocycles. The molecule has 0 spiro atoms. The molecular weight excluding hydrogens is 176 g/mol. The highest BCUT2D eigenvalue weighted by Gasteiger charge is 2.36. The first-order valence-corrected chi connectivity index (χ1v) is 5.64. The summed E-state index contributed by atoms with van der Waals surface area (Å²) in [4.78, 5) is 14.3. The van der Waals surface area contributed by atoms with Gasteiger partial charge in [-0.1, -0.05) is 0 Å². The van der Waals surface area contributed by atoms with Crippen molar-refractivity contribution in [3.63, 3.8) is 0 Å². The minimum absolute atomic E-state index is 0.301. The summed E-state index contributed by atoms with van der Waals surface area (Å²) in [7, 11) is 2.12. The maximum absolute atomic E-state index is 12.0. The molecule has 0 unspecified atom stereocenters. The fourth-order valence-electron chi connectivity index (χ4n) is 2.52. The molecule has 2 aliphatic rings. The predicted molar refractivity (Wildman–Crippen MR) is 55.9 cm³/mol. The van der Waals surface area contributed by atoms with Crippen molar-refractivity contribution in [2.24, 2.45) is 17.6 Å². The monoisotopic (exact) mass is 196 g/mol. The molecule has 0 amide bonds. The Morgan fingerprint density at radius 1 is 1.21 bits per heavy atom. The van der Waals surface area contributed by atoms with E-state index in [9.17, 15) is 4.79 Å². The Labute approximate surface area is 85.6 Å². The molecule has 2 rings (SSSR count). The Morgan fingerprint density at radius 2 is 1.79 bits per heavy atom. The summed E-state index contributed by atoms with van der Waals surface area (Å²) in [5.41, 5.74) is 5.70. The SMILES string of the molecule is CN1CCC(C(=O)C2CC(N)C2)CC1. The molecule has 1 saturated heterocycles. The van der Waals surface area contributed by atoms with Gasteiger partial charge in [-0.05, 0) is 45.8 Å². The molecule has 0 bridgehead atoms. The Balaban J connectivity index is 1.81. The van der Waals surface area contributed by atoms with Crippen LogP contribution in [0.4, 0.5) is 0 Å². The van der Waals surface area contributed by atoms with Crippen LogP contribution >= 0.6 is 0 Å². The van der Waals surface area contributed by atoms with Crippen molar-refractivity contribution in [2.75, 3.05) is 20.1 Å². The van der Waals surface area contributed by atoms with Gasteiger partial charge in [0, 0.05) is 17.9 Å². The van der Waals surface area contributed by atoms with Crippen LogP contribution in [0.2, 0.25) is 0 Å². The minimum atomic E-state index is 0.301. The zero-order valence-corrected chi connectivity index (χ0v) is 8.91. The molecule has 1 aliphatic heterocycles. The zero-order chi connectivity index (χ0) is 10.1. The van der Waals surface area contributed by atoms with Crippen molar-refractivity contribution in [3.05, 3.63) is 0 Å². The molecule has 0 atom stereocenters. The van der Waals surface area contributed by atoms with Gasteiger partial charge < -0.3 is 10.6 Å². The van der Waals surface area contributed by atoms with Crippen LogP contribution in [-0.2, 0) is 4.79 Å². The van der Waals surface area contributed by atoms with E-state index in [1.54, 1.807) is 0 Å². The number of piperidine rings is 1. The Morgan fingerprint density at radius 3 is 2.29 bits per heavy atom. The van der Waals surface area contributed by atoms with E-state index in [0.717, 1.165) is 38.8 Å². The third-order valence-corrected chi connectivity index (χ3v) is 3.70. The summed E-state index contributed by atoms with van der Waals surface area (Å²) in [6.07, 6.45) is 3.98. The molecule has 0 aromatic rings. The van der Waals surface area contributed by atoms with E-state index in [4.69, 9.17) is 5.73 Å². The summed E-state index contributed by atoms with van der Waals surface area (Å²) < 4.78 is 0. The summed E-state index contributed by atoms with van der Waals surface area (Å²) in [6.45, 7) is 2.16. The largest absolute Gasteiger partial charge is 0.328 e. The minimum Gasteiger partial charge on any atom is -0.328 e. The van der Waals surface area contributed by atoms with Crippen LogP contribution in [0.1, 0.15) is 25.7 Å². The first-order valence-electron chi connectivity index (χ1n) is 5.64. The Kier molecular flexibility index (Phi) is 2.88. The number of carbonyl (C=O) groups excluding carboxylic acids is 1. The van der Waals surface area contributed by atoms with Crippen molar-refractivity contribution in [1.29, 1.82) is 0 Å². The maximum atomic E-state index is 12.0. The van der Waals surface area contributed by atoms with Gasteiger partial charge in [-0.2, -0.15) is 0 Å². The first-order chi connectivity index (χ1) is 6.66. The second kappa shape index (κ2) is 3.99. The number of nitrogens with zero attached hydrogens (tertiary/aromatic N) is 1. The number of hydrogen-bond donors (Lipinski definition) is 1. The quantitative estimate of drug-likeness (QED) is 0.705. The third kappa shape index (κ3) is 1.98. The zero-order valence-electron chi connectivity index (χ0n) is 8.91. The summed E-state index contributed by atoms with van der Waals surface area (Å²) in [5.74, 6) is 1.14. The van der Waals surface area contributed by atoms with E-state index in [2.05, 4.69) is 11.9 Å². The molecular formula is C11H20N2O. The number of Topliss-reactive ketones (excluding diaryl/α,β-unsaturated/α-hetero) is 1. The van der Waals surface area contributed by atoms with Gasteiger partial charge in [0.05, 0.1) is 0 Å². The van der Waals surface area contributed by atoms with E-state index in [1.807, 2.05) is 0 Å². The second-order valence-electron chi connectivity index (χ2n) is 4.91. The summed E-state index contributed by atoms with van der Waals surface area (Å²) >= 11 is 0. The highest BCUT2D eigenvalue weighted by Crippen LogP contribution is 2.31. The van der Waals surface area contributed by atoms with Crippen molar-refractivity contribution in [1.82, 2.24) is 4.90 Å². The van der Waals surface area contributed by atoms with Crippen molar-refractivity contribution in [3.8, 4) is 0 Å². The van der Waals surface area contributed by atoms with Crippen LogP contribution in [-0.4, -0.2) is 36.9 Å². The fourth-order valence-corrected chi connectivity index (χ4v) is 2.52. The molecule has 3 heteroatoms. The van der Waals surface area contributed by atoms with Crippen molar-refractivity contribution >= 4 is 5.78 Å². The topological polar surface area (TPSA) is 46.3 Å². The van der Waals surface area contributed by atoms with E-state index < -0.39 is 0 Å². The van der Waals surface area contributed by atoms with Gasteiger partial charge in [0.25, 0.3) is 0 Å². The lowest BCUT2D eigenvalue weighted by molar-refractivity contribution is -0.131. The van der Waals surface area contributed by atoms with Gasteiger partial charge in [-0.25, -0.2) is 0 Å². The maximum Gasteiger partial charge on any atom is 0.139 e. The van der Waals surface area contributed by atoms with E-state index in [-0.39, 0.29) is 0 Å². The van der Waals surface area contributed by atoms with Crippen LogP contribution < -0.4 is 5.73 Å². The normalized spacial score (nSPS) is 35.3. The van der Waals surface area contributed by atoms with Crippen LogP contribution in [0, 0.1) is 11.8 Å². The predicted octanol–water partition coefficient (Wildman–Crippen LogP) is 0.635. The van der Waals surface area contributed by atoms with Gasteiger partial charge in [0.1, 0.15) is 5.78 Å². The molecule has 3 nitrogen and oxygen atoms in total. The summed E-state index contributed by atoms with van der Waals surface area (Å²) in [5, 5.41) is 0. The Hall–Kier alpha value is -0.410. The van der Waals surface area contributed by atoms with Crippen LogP contribution in [0.15, 0.2) is 0 Å². The molecule has 14 heavy (non-hydrogen) atoms. The molecule has 1 saturated carbocycles. The lowest BCUT2D eigenvalue weighted by Crippen LogP contribution is -2.44. The standard InChI is InChI=1S/C11H20N2O/c1-13-4-2-8(3-5-13)11(14)9-6-10(12)7-9/h8-10H,2-7,12H2,1H3. The average molecular weight is 196 g/mol. The van der Waals surface area contributed by atoms with Gasteiger partial charge in [-0.15, -0.1) is 0 Å². The van der Waals surface area contributed by atoms with Crippen LogP contribution in [0.5, 0.6) is 0 Å². The van der Waals surface area contributed by atoms with Crippen molar-refractivity contribution < 1.29 is 4.79 Å². The number of nitrogens with two attached hydrogens (primary N) is 1. The van der Waals surface area contributed by atoms with Gasteiger partial charge >= 0.3 is 0 Å². The Bertz CT molecular complexity index is 215. The van der Waals surface area contributed by atoms with E-state index >= 15 is 0 Å². The molecule has 1 heterocycles. The highest BCUT2D eigenvalue weighted by atomic mass is 16.1. The smallest absolute Gasteiger partial charge is 0.139 e. The molecule has 0 aromatic heterocycles. The van der Waals surface area contributed by atoms with Gasteiger partial charge in [0.2, 0.25) is 0 Å². The average Bonchev–Trinajstić information content (AvgIpc) is 2.13. The summed E-state index contributed by atoms with van der Waals surface area (Å²) in [6, 6.07) is 0.301. The number of hydrogen-bond acceptors (Lipinski definition) is 3. The van der Waals surface area contributed by atoms with Crippen LogP contribution in [0.3, 0.4) is 0 Å². The highest BCUT2D eigenvalue weighted by molar-refractivity contribution is 5.84. The van der Waals surface area contributed by atoms with Gasteiger partial charge in [-0.3, -0.25) is 4.79 Å². The molecule has 1 aliphatic carbocycles.